The van der Waals surface area contributed by atoms with E-state index in [0.29, 0.717) is 4.31 Å². The molecule has 0 saturated carbocycles. The summed E-state index contributed by atoms with van der Waals surface area (Å²) in [6.45, 7) is 3.70. The first kappa shape index (κ1) is 27.7. The predicted molar refractivity (Wildman–Crippen MR) is 125 cm³/mol. The Bertz CT molecular complexity index is 1490. The zero-order valence-corrected chi connectivity index (χ0v) is 21.2. The summed E-state index contributed by atoms with van der Waals surface area (Å²) in [6, 6.07) is 7.14. The maximum absolute atomic E-state index is 14.1. The second-order valence-electron chi connectivity index (χ2n) is 8.94. The fourth-order valence-corrected chi connectivity index (χ4v) is 5.76. The summed E-state index contributed by atoms with van der Waals surface area (Å²) in [4.78, 5) is 12.3. The molecule has 1 saturated heterocycles. The zero-order chi connectivity index (χ0) is 27.8. The van der Waals surface area contributed by atoms with Crippen molar-refractivity contribution < 1.29 is 39.5 Å². The van der Waals surface area contributed by atoms with Crippen LogP contribution in [0.4, 0.5) is 22.0 Å². The fraction of sp³-hybridized carbons (Fsp3) is 0.320. The standard InChI is InChI=1S/C25H23F5N2O5S/c1-14-7-15(2)9-16(8-14)12-37-19-13-36-17(10-18(19)33)11-31-3-5-32(6-4-31)38(34,35)25-23(29)21(27)20(26)22(28)24(25)30/h7-10,13H,3-6,11-12H2,1-2H3. The molecule has 0 spiro atoms. The van der Waals surface area contributed by atoms with Gasteiger partial charge in [-0.05, 0) is 19.4 Å². The van der Waals surface area contributed by atoms with Crippen molar-refractivity contribution in [3.8, 4) is 5.75 Å². The highest BCUT2D eigenvalue weighted by molar-refractivity contribution is 7.89. The number of rotatable bonds is 7. The van der Waals surface area contributed by atoms with Gasteiger partial charge in [0.25, 0.3) is 0 Å². The number of nitrogens with zero attached hydrogens (tertiary/aromatic N) is 2. The first-order valence-electron chi connectivity index (χ1n) is 11.4. The molecule has 13 heteroatoms. The van der Waals surface area contributed by atoms with E-state index in [4.69, 9.17) is 9.15 Å². The molecule has 7 nitrogen and oxygen atoms in total. The van der Waals surface area contributed by atoms with Gasteiger partial charge in [-0.15, -0.1) is 0 Å². The molecule has 2 aromatic carbocycles. The summed E-state index contributed by atoms with van der Waals surface area (Å²) in [5.41, 5.74) is 2.60. The van der Waals surface area contributed by atoms with E-state index in [2.05, 4.69) is 0 Å². The molecule has 0 N–H and O–H groups in total. The first-order valence-corrected chi connectivity index (χ1v) is 12.9. The van der Waals surface area contributed by atoms with Gasteiger partial charge in [-0.25, -0.2) is 30.4 Å². The number of sulfonamides is 1. The molecule has 4 rings (SSSR count). The van der Waals surface area contributed by atoms with Crippen LogP contribution in [0.3, 0.4) is 0 Å². The number of aryl methyl sites for hydroxylation is 2. The first-order chi connectivity index (χ1) is 17.9. The largest absolute Gasteiger partial charge is 0.482 e. The molecule has 38 heavy (non-hydrogen) atoms. The van der Waals surface area contributed by atoms with E-state index in [1.807, 2.05) is 32.0 Å². The molecule has 3 aromatic rings. The van der Waals surface area contributed by atoms with Crippen LogP contribution < -0.4 is 10.2 Å². The van der Waals surface area contributed by atoms with Crippen molar-refractivity contribution in [2.75, 3.05) is 26.2 Å². The van der Waals surface area contributed by atoms with Gasteiger partial charge in [-0.3, -0.25) is 9.69 Å². The second-order valence-corrected chi connectivity index (χ2v) is 10.8. The Kier molecular flexibility index (Phi) is 7.90. The molecule has 0 radical (unpaired) electrons. The van der Waals surface area contributed by atoms with Crippen molar-refractivity contribution in [3.05, 3.63) is 92.3 Å². The van der Waals surface area contributed by atoms with Crippen LogP contribution in [0.5, 0.6) is 5.75 Å². The van der Waals surface area contributed by atoms with Crippen LogP contribution in [0, 0.1) is 42.9 Å². The van der Waals surface area contributed by atoms with Crippen LogP contribution in [0.1, 0.15) is 22.5 Å². The third-order valence-corrected chi connectivity index (χ3v) is 7.93. The van der Waals surface area contributed by atoms with Crippen LogP contribution in [0.25, 0.3) is 0 Å². The lowest BCUT2D eigenvalue weighted by Gasteiger charge is -2.33. The molecule has 1 aliphatic rings. The Morgan fingerprint density at radius 3 is 1.95 bits per heavy atom. The average Bonchev–Trinajstić information content (AvgIpc) is 2.85. The van der Waals surface area contributed by atoms with Gasteiger partial charge in [-0.2, -0.15) is 4.31 Å². The van der Waals surface area contributed by atoms with Crippen molar-refractivity contribution in [1.82, 2.24) is 9.21 Å². The van der Waals surface area contributed by atoms with Crippen LogP contribution in [-0.4, -0.2) is 43.8 Å². The van der Waals surface area contributed by atoms with E-state index >= 15 is 0 Å². The topological polar surface area (TPSA) is 80.1 Å². The van der Waals surface area contributed by atoms with Gasteiger partial charge >= 0.3 is 0 Å². The maximum atomic E-state index is 14.1. The zero-order valence-electron chi connectivity index (χ0n) is 20.4. The van der Waals surface area contributed by atoms with Crippen LogP contribution in [0.2, 0.25) is 0 Å². The molecule has 1 aromatic heterocycles. The summed E-state index contributed by atoms with van der Waals surface area (Å²) in [5.74, 6) is -11.6. The van der Waals surface area contributed by atoms with Crippen molar-refractivity contribution in [2.45, 2.75) is 31.9 Å². The number of benzene rings is 2. The number of piperazine rings is 1. The highest BCUT2D eigenvalue weighted by Crippen LogP contribution is 2.29. The van der Waals surface area contributed by atoms with Gasteiger partial charge in [0, 0.05) is 32.2 Å². The monoisotopic (exact) mass is 558 g/mol. The third kappa shape index (κ3) is 5.59. The summed E-state index contributed by atoms with van der Waals surface area (Å²) in [6.07, 6.45) is 1.18. The van der Waals surface area contributed by atoms with Gasteiger partial charge in [0.05, 0.1) is 6.54 Å². The van der Waals surface area contributed by atoms with Crippen molar-refractivity contribution >= 4 is 10.0 Å². The van der Waals surface area contributed by atoms with E-state index in [1.54, 1.807) is 4.90 Å². The summed E-state index contributed by atoms with van der Waals surface area (Å²) in [5, 5.41) is 0. The van der Waals surface area contributed by atoms with Crippen molar-refractivity contribution in [2.24, 2.45) is 0 Å². The van der Waals surface area contributed by atoms with Gasteiger partial charge in [0.15, 0.2) is 28.2 Å². The Hall–Kier alpha value is -3.29. The predicted octanol–water partition coefficient (Wildman–Crippen LogP) is 4.04. The van der Waals surface area contributed by atoms with Gasteiger partial charge in [0.1, 0.15) is 18.6 Å². The SMILES string of the molecule is Cc1cc(C)cc(COc2coc(CN3CCN(S(=O)(=O)c4c(F)c(F)c(F)c(F)c4F)CC3)cc2=O)c1. The van der Waals surface area contributed by atoms with Crippen molar-refractivity contribution in [1.29, 1.82) is 0 Å². The van der Waals surface area contributed by atoms with Gasteiger partial charge in [-0.1, -0.05) is 29.3 Å². The molecular weight excluding hydrogens is 535 g/mol. The maximum Gasteiger partial charge on any atom is 0.249 e. The lowest BCUT2D eigenvalue weighted by molar-refractivity contribution is 0.168. The quantitative estimate of drug-likeness (QED) is 0.248. The average molecular weight is 559 g/mol. The summed E-state index contributed by atoms with van der Waals surface area (Å²) < 4.78 is 106. The molecule has 0 atom stereocenters. The summed E-state index contributed by atoms with van der Waals surface area (Å²) in [7, 11) is -5.01. The molecule has 0 bridgehead atoms. The Balaban J connectivity index is 1.39. The molecule has 0 unspecified atom stereocenters. The lowest BCUT2D eigenvalue weighted by Crippen LogP contribution is -2.48. The smallest absolute Gasteiger partial charge is 0.249 e. The lowest BCUT2D eigenvalue weighted by atomic mass is 10.1. The van der Waals surface area contributed by atoms with Crippen LogP contribution in [0.15, 0.2) is 44.6 Å². The Morgan fingerprint density at radius 2 is 1.39 bits per heavy atom. The van der Waals surface area contributed by atoms with E-state index < -0.39 is 49.4 Å². The highest BCUT2D eigenvalue weighted by Gasteiger charge is 2.38. The number of ether oxygens (including phenoxy) is 1. The molecular formula is C25H23F5N2O5S. The normalized spacial score (nSPS) is 15.1. The highest BCUT2D eigenvalue weighted by atomic mass is 32.2. The van der Waals surface area contributed by atoms with Crippen LogP contribution >= 0.6 is 0 Å². The number of hydrogen-bond acceptors (Lipinski definition) is 6. The van der Waals surface area contributed by atoms with E-state index in [9.17, 15) is 35.2 Å². The molecule has 0 amide bonds. The Morgan fingerprint density at radius 1 is 0.842 bits per heavy atom. The van der Waals surface area contributed by atoms with Gasteiger partial charge < -0.3 is 9.15 Å². The van der Waals surface area contributed by atoms with Gasteiger partial charge in [0.2, 0.25) is 27.0 Å². The van der Waals surface area contributed by atoms with E-state index in [0.717, 1.165) is 16.7 Å². The minimum atomic E-state index is -5.01. The second kappa shape index (κ2) is 10.8. The minimum absolute atomic E-state index is 0.0200. The Labute approximate surface area is 215 Å². The minimum Gasteiger partial charge on any atom is -0.482 e. The number of hydrogen-bond donors (Lipinski definition) is 0. The fourth-order valence-electron chi connectivity index (χ4n) is 4.23. The number of halogens is 5. The third-order valence-electron chi connectivity index (χ3n) is 6.01. The molecule has 1 aliphatic heterocycles. The summed E-state index contributed by atoms with van der Waals surface area (Å²) >= 11 is 0. The molecule has 204 valence electrons. The molecule has 0 aliphatic carbocycles. The molecule has 2 heterocycles. The molecule has 1 fully saturated rings. The van der Waals surface area contributed by atoms with E-state index in [-0.39, 0.29) is 50.8 Å². The van der Waals surface area contributed by atoms with Crippen LogP contribution in [-0.2, 0) is 23.2 Å². The van der Waals surface area contributed by atoms with Crippen molar-refractivity contribution in [3.63, 3.8) is 0 Å². The van der Waals surface area contributed by atoms with E-state index in [1.165, 1.54) is 12.3 Å².